The fourth-order valence-electron chi connectivity index (χ4n) is 3.57. The lowest BCUT2D eigenvalue weighted by molar-refractivity contribution is -0.141. The molecule has 0 aromatic carbocycles. The molecule has 25 heavy (non-hydrogen) atoms. The highest BCUT2D eigenvalue weighted by molar-refractivity contribution is 7.14. The van der Waals surface area contributed by atoms with E-state index in [1.165, 1.54) is 5.56 Å². The number of aromatic nitrogens is 1. The quantitative estimate of drug-likeness (QED) is 0.822. The van der Waals surface area contributed by atoms with Gasteiger partial charge in [0.1, 0.15) is 5.01 Å². The van der Waals surface area contributed by atoms with E-state index in [0.29, 0.717) is 19.1 Å². The molecule has 2 aliphatic heterocycles. The van der Waals surface area contributed by atoms with Gasteiger partial charge in [0, 0.05) is 42.5 Å². The molecule has 1 amide bonds. The average Bonchev–Trinajstić information content (AvgIpc) is 3.34. The number of amides is 1. The summed E-state index contributed by atoms with van der Waals surface area (Å²) < 4.78 is 5.36. The van der Waals surface area contributed by atoms with Gasteiger partial charge in [0.05, 0.1) is 24.8 Å². The second-order valence-corrected chi connectivity index (χ2v) is 8.31. The van der Waals surface area contributed by atoms with Crippen LogP contribution in [-0.4, -0.2) is 60.1 Å². The van der Waals surface area contributed by atoms with E-state index in [1.807, 2.05) is 4.90 Å². The first-order valence-corrected chi connectivity index (χ1v) is 10.7. The van der Waals surface area contributed by atoms with Gasteiger partial charge in [-0.05, 0) is 30.8 Å². The van der Waals surface area contributed by atoms with Crippen LogP contribution in [0.4, 0.5) is 0 Å². The summed E-state index contributed by atoms with van der Waals surface area (Å²) in [6, 6.07) is 2.12. The van der Waals surface area contributed by atoms with Gasteiger partial charge in [-0.25, -0.2) is 4.98 Å². The molecular formula is C18H23N3O2S2. The Morgan fingerprint density at radius 1 is 1.28 bits per heavy atom. The maximum atomic E-state index is 12.7. The molecule has 0 radical (unpaired) electrons. The standard InChI is InChI=1S/C18H23N3O2S2/c22-18(21-5-7-23-8-6-21)14-2-1-4-20(10-14)11-16-13-25-17(19-16)15-3-9-24-12-15/h3,9,12-14H,1-2,4-8,10-11H2. The minimum Gasteiger partial charge on any atom is -0.378 e. The molecule has 7 heteroatoms. The van der Waals surface area contributed by atoms with E-state index in [2.05, 4.69) is 27.1 Å². The molecule has 1 atom stereocenters. The Labute approximate surface area is 156 Å². The monoisotopic (exact) mass is 377 g/mol. The summed E-state index contributed by atoms with van der Waals surface area (Å²) in [5.41, 5.74) is 2.32. The zero-order chi connectivity index (χ0) is 17.1. The molecule has 1 unspecified atom stereocenters. The third-order valence-electron chi connectivity index (χ3n) is 4.88. The van der Waals surface area contributed by atoms with Crippen LogP contribution in [0.5, 0.6) is 0 Å². The van der Waals surface area contributed by atoms with Crippen LogP contribution in [-0.2, 0) is 16.1 Å². The van der Waals surface area contributed by atoms with Gasteiger partial charge in [-0.1, -0.05) is 0 Å². The number of hydrogen-bond donors (Lipinski definition) is 0. The molecule has 0 bridgehead atoms. The maximum Gasteiger partial charge on any atom is 0.227 e. The van der Waals surface area contributed by atoms with Gasteiger partial charge in [-0.15, -0.1) is 11.3 Å². The zero-order valence-corrected chi connectivity index (χ0v) is 15.9. The number of carbonyl (C=O) groups is 1. The molecule has 4 rings (SSSR count). The van der Waals surface area contributed by atoms with Gasteiger partial charge in [0.2, 0.25) is 5.91 Å². The predicted molar refractivity (Wildman–Crippen MR) is 101 cm³/mol. The fourth-order valence-corrected chi connectivity index (χ4v) is 5.09. The molecule has 0 spiro atoms. The van der Waals surface area contributed by atoms with Crippen molar-refractivity contribution in [3.63, 3.8) is 0 Å². The Morgan fingerprint density at radius 2 is 2.16 bits per heavy atom. The van der Waals surface area contributed by atoms with E-state index < -0.39 is 0 Å². The lowest BCUT2D eigenvalue weighted by Gasteiger charge is -2.36. The summed E-state index contributed by atoms with van der Waals surface area (Å²) in [6.07, 6.45) is 2.09. The molecule has 2 saturated heterocycles. The molecule has 5 nitrogen and oxygen atoms in total. The first-order valence-electron chi connectivity index (χ1n) is 8.85. The highest BCUT2D eigenvalue weighted by Crippen LogP contribution is 2.27. The number of carbonyl (C=O) groups excluding carboxylic acids is 1. The van der Waals surface area contributed by atoms with Gasteiger partial charge in [0.15, 0.2) is 0 Å². The Balaban J connectivity index is 1.36. The molecule has 2 aromatic rings. The number of thiazole rings is 1. The summed E-state index contributed by atoms with van der Waals surface area (Å²) in [5.74, 6) is 0.437. The number of thiophene rings is 1. The van der Waals surface area contributed by atoms with Crippen LogP contribution in [0.15, 0.2) is 22.2 Å². The number of morpholine rings is 1. The molecule has 0 N–H and O–H groups in total. The van der Waals surface area contributed by atoms with Crippen molar-refractivity contribution in [2.24, 2.45) is 5.92 Å². The van der Waals surface area contributed by atoms with Crippen molar-refractivity contribution >= 4 is 28.6 Å². The lowest BCUT2D eigenvalue weighted by atomic mass is 9.96. The van der Waals surface area contributed by atoms with Gasteiger partial charge in [0.25, 0.3) is 0 Å². The normalized spacial score (nSPS) is 22.2. The third kappa shape index (κ3) is 4.11. The number of rotatable bonds is 4. The molecular weight excluding hydrogens is 354 g/mol. The summed E-state index contributed by atoms with van der Waals surface area (Å²) in [5, 5.41) is 7.47. The first-order chi connectivity index (χ1) is 12.3. The highest BCUT2D eigenvalue weighted by Gasteiger charge is 2.30. The Kier molecular flexibility index (Phi) is 5.45. The largest absolute Gasteiger partial charge is 0.378 e. The number of likely N-dealkylation sites (tertiary alicyclic amines) is 1. The summed E-state index contributed by atoms with van der Waals surface area (Å²) >= 11 is 3.41. The second kappa shape index (κ2) is 7.95. The smallest absolute Gasteiger partial charge is 0.227 e. The highest BCUT2D eigenvalue weighted by atomic mass is 32.1. The SMILES string of the molecule is O=C(C1CCCN(Cc2csc(-c3ccsc3)n2)C1)N1CCOCC1. The summed E-state index contributed by atoms with van der Waals surface area (Å²) in [7, 11) is 0. The predicted octanol–water partition coefficient (Wildman–Crippen LogP) is 2.94. The zero-order valence-electron chi connectivity index (χ0n) is 14.2. The Bertz CT molecular complexity index is 695. The molecule has 0 aliphatic carbocycles. The lowest BCUT2D eigenvalue weighted by Crippen LogP contribution is -2.48. The topological polar surface area (TPSA) is 45.7 Å². The van der Waals surface area contributed by atoms with Crippen LogP contribution < -0.4 is 0 Å². The van der Waals surface area contributed by atoms with Crippen molar-refractivity contribution in [3.8, 4) is 10.6 Å². The minimum atomic E-state index is 0.127. The van der Waals surface area contributed by atoms with E-state index in [1.54, 1.807) is 22.7 Å². The van der Waals surface area contributed by atoms with E-state index in [-0.39, 0.29) is 5.92 Å². The van der Waals surface area contributed by atoms with E-state index in [0.717, 1.165) is 56.3 Å². The van der Waals surface area contributed by atoms with E-state index in [4.69, 9.17) is 9.72 Å². The second-order valence-electron chi connectivity index (χ2n) is 6.67. The van der Waals surface area contributed by atoms with Gasteiger partial charge < -0.3 is 9.64 Å². The molecule has 0 saturated carbocycles. The van der Waals surface area contributed by atoms with Crippen molar-refractivity contribution in [2.45, 2.75) is 19.4 Å². The molecule has 2 aliphatic rings. The number of piperidine rings is 1. The van der Waals surface area contributed by atoms with Crippen LogP contribution in [0, 0.1) is 5.92 Å². The van der Waals surface area contributed by atoms with E-state index >= 15 is 0 Å². The molecule has 134 valence electrons. The first kappa shape index (κ1) is 17.1. The van der Waals surface area contributed by atoms with Crippen LogP contribution in [0.25, 0.3) is 10.6 Å². The third-order valence-corrected chi connectivity index (χ3v) is 6.51. The Hall–Kier alpha value is -1.28. The number of ether oxygens (including phenoxy) is 1. The number of nitrogens with zero attached hydrogens (tertiary/aromatic N) is 3. The van der Waals surface area contributed by atoms with Gasteiger partial charge >= 0.3 is 0 Å². The average molecular weight is 378 g/mol. The van der Waals surface area contributed by atoms with Crippen LogP contribution >= 0.6 is 22.7 Å². The Morgan fingerprint density at radius 3 is 2.96 bits per heavy atom. The fraction of sp³-hybridized carbons (Fsp3) is 0.556. The van der Waals surface area contributed by atoms with Crippen molar-refractivity contribution < 1.29 is 9.53 Å². The van der Waals surface area contributed by atoms with Crippen molar-refractivity contribution in [1.29, 1.82) is 0 Å². The van der Waals surface area contributed by atoms with Crippen LogP contribution in [0.1, 0.15) is 18.5 Å². The molecule has 4 heterocycles. The van der Waals surface area contributed by atoms with Crippen molar-refractivity contribution in [1.82, 2.24) is 14.8 Å². The van der Waals surface area contributed by atoms with Gasteiger partial charge in [-0.3, -0.25) is 9.69 Å². The molecule has 2 fully saturated rings. The van der Waals surface area contributed by atoms with Crippen LogP contribution in [0.2, 0.25) is 0 Å². The van der Waals surface area contributed by atoms with Crippen LogP contribution in [0.3, 0.4) is 0 Å². The maximum absolute atomic E-state index is 12.7. The summed E-state index contributed by atoms with van der Waals surface area (Å²) in [6.45, 7) is 5.57. The number of hydrogen-bond acceptors (Lipinski definition) is 6. The minimum absolute atomic E-state index is 0.127. The van der Waals surface area contributed by atoms with E-state index in [9.17, 15) is 4.79 Å². The summed E-state index contributed by atoms with van der Waals surface area (Å²) in [4.78, 5) is 21.9. The van der Waals surface area contributed by atoms with Crippen molar-refractivity contribution in [2.75, 3.05) is 39.4 Å². The van der Waals surface area contributed by atoms with Gasteiger partial charge in [-0.2, -0.15) is 11.3 Å². The van der Waals surface area contributed by atoms with Crippen molar-refractivity contribution in [3.05, 3.63) is 27.9 Å². The molecule has 2 aromatic heterocycles.